The van der Waals surface area contributed by atoms with Crippen LogP contribution in [0.1, 0.15) is 24.0 Å². The fourth-order valence-corrected chi connectivity index (χ4v) is 3.89. The molecule has 1 fully saturated rings. The van der Waals surface area contributed by atoms with E-state index in [4.69, 9.17) is 0 Å². The molecule has 3 aliphatic rings. The van der Waals surface area contributed by atoms with Crippen LogP contribution in [0.4, 0.5) is 0 Å². The molecule has 112 valence electrons. The predicted molar refractivity (Wildman–Crippen MR) is 88.3 cm³/mol. The second-order valence-electron chi connectivity index (χ2n) is 6.34. The number of piperidine rings is 1. The molecule has 3 aliphatic heterocycles. The number of fused-ring (bicyclic) bond motifs is 2. The molecular formula is C20H21NO. The zero-order valence-electron chi connectivity index (χ0n) is 12.7. The molecule has 0 unspecified atom stereocenters. The van der Waals surface area contributed by atoms with Crippen molar-refractivity contribution in [2.75, 3.05) is 13.1 Å². The molecule has 2 nitrogen and oxygen atoms in total. The maximum Gasteiger partial charge on any atom is 0.138 e. The average Bonchev–Trinajstić information content (AvgIpc) is 2.63. The highest BCUT2D eigenvalue weighted by Gasteiger charge is 2.42. The van der Waals surface area contributed by atoms with Crippen LogP contribution in [0.5, 0.6) is 0 Å². The van der Waals surface area contributed by atoms with E-state index in [0.717, 1.165) is 42.6 Å². The Balaban J connectivity index is 1.90. The largest absolute Gasteiger partial charge is 0.377 e. The van der Waals surface area contributed by atoms with Crippen molar-refractivity contribution in [3.8, 4) is 0 Å². The third-order valence-corrected chi connectivity index (χ3v) is 5.09. The highest BCUT2D eigenvalue weighted by Crippen LogP contribution is 2.45. The van der Waals surface area contributed by atoms with Gasteiger partial charge in [0.2, 0.25) is 0 Å². The van der Waals surface area contributed by atoms with Gasteiger partial charge in [-0.2, -0.15) is 0 Å². The minimum Gasteiger partial charge on any atom is -0.377 e. The summed E-state index contributed by atoms with van der Waals surface area (Å²) in [5.74, 6) is 0.482. The molecule has 1 N–H and O–H groups in total. The van der Waals surface area contributed by atoms with E-state index in [1.54, 1.807) is 0 Å². The minimum atomic E-state index is -1.02. The van der Waals surface area contributed by atoms with Crippen molar-refractivity contribution in [1.82, 2.24) is 4.90 Å². The molecule has 0 atom stereocenters. The number of hydrogen-bond donors (Lipinski definition) is 1. The molecule has 2 heteroatoms. The Morgan fingerprint density at radius 3 is 1.73 bits per heavy atom. The van der Waals surface area contributed by atoms with E-state index >= 15 is 0 Å². The summed E-state index contributed by atoms with van der Waals surface area (Å²) in [6, 6.07) is 20.2. The van der Waals surface area contributed by atoms with E-state index in [0.29, 0.717) is 5.92 Å². The zero-order valence-corrected chi connectivity index (χ0v) is 12.7. The van der Waals surface area contributed by atoms with Crippen molar-refractivity contribution >= 4 is 0 Å². The molecule has 22 heavy (non-hydrogen) atoms. The van der Waals surface area contributed by atoms with Crippen LogP contribution in [-0.4, -0.2) is 23.1 Å². The van der Waals surface area contributed by atoms with Crippen molar-refractivity contribution in [1.29, 1.82) is 0 Å². The van der Waals surface area contributed by atoms with E-state index in [9.17, 15) is 5.11 Å². The molecule has 0 aromatic heterocycles. The lowest BCUT2D eigenvalue weighted by molar-refractivity contribution is 0.0829. The molecule has 5 rings (SSSR count). The first kappa shape index (κ1) is 13.6. The maximum absolute atomic E-state index is 11.8. The highest BCUT2D eigenvalue weighted by molar-refractivity contribution is 5.46. The van der Waals surface area contributed by atoms with Crippen LogP contribution < -0.4 is 0 Å². The molecule has 3 heterocycles. The van der Waals surface area contributed by atoms with Crippen LogP contribution in [-0.2, 0) is 5.60 Å². The van der Waals surface area contributed by atoms with Crippen LogP contribution in [0.2, 0.25) is 0 Å². The molecule has 0 radical (unpaired) electrons. The van der Waals surface area contributed by atoms with Gasteiger partial charge in [0, 0.05) is 19.3 Å². The van der Waals surface area contributed by atoms with Gasteiger partial charge in [0.05, 0.1) is 0 Å². The molecule has 1 saturated heterocycles. The Morgan fingerprint density at radius 1 is 0.818 bits per heavy atom. The molecule has 2 aromatic rings. The van der Waals surface area contributed by atoms with Gasteiger partial charge in [-0.3, -0.25) is 0 Å². The van der Waals surface area contributed by atoms with Crippen LogP contribution in [0.15, 0.2) is 72.4 Å². The summed E-state index contributed by atoms with van der Waals surface area (Å²) in [4.78, 5) is 2.35. The SMILES string of the molecule is OC(C1=CN2CCC1CC2)(c1ccccc1)c1ccccc1. The van der Waals surface area contributed by atoms with Gasteiger partial charge >= 0.3 is 0 Å². The van der Waals surface area contributed by atoms with Gasteiger partial charge in [0.1, 0.15) is 5.60 Å². The molecule has 0 spiro atoms. The zero-order chi connectivity index (χ0) is 15.0. The first-order chi connectivity index (χ1) is 10.8. The van der Waals surface area contributed by atoms with Gasteiger partial charge in [-0.1, -0.05) is 60.7 Å². The quantitative estimate of drug-likeness (QED) is 0.935. The van der Waals surface area contributed by atoms with Crippen molar-refractivity contribution < 1.29 is 5.11 Å². The van der Waals surface area contributed by atoms with Gasteiger partial charge in [0.25, 0.3) is 0 Å². The number of rotatable bonds is 3. The van der Waals surface area contributed by atoms with E-state index < -0.39 is 5.60 Å². The normalized spacial score (nSPS) is 18.4. The first-order valence-electron chi connectivity index (χ1n) is 8.08. The van der Waals surface area contributed by atoms with Crippen molar-refractivity contribution in [2.24, 2.45) is 5.92 Å². The van der Waals surface area contributed by atoms with Gasteiger partial charge in [-0.15, -0.1) is 0 Å². The standard InChI is InChI=1S/C20H21NO/c22-20(17-7-3-1-4-8-17,18-9-5-2-6-10-18)19-15-21-13-11-16(19)12-14-21/h1-10,15-16,22H,11-14H2. The highest BCUT2D eigenvalue weighted by atomic mass is 16.3. The second kappa shape index (κ2) is 5.29. The van der Waals surface area contributed by atoms with Crippen LogP contribution in [0, 0.1) is 5.92 Å². The number of hydrogen-bond acceptors (Lipinski definition) is 2. The molecular weight excluding hydrogens is 270 g/mol. The Morgan fingerprint density at radius 2 is 1.32 bits per heavy atom. The minimum absolute atomic E-state index is 0.482. The third-order valence-electron chi connectivity index (χ3n) is 5.09. The Kier molecular flexibility index (Phi) is 3.27. The van der Waals surface area contributed by atoms with Crippen molar-refractivity contribution in [3.05, 3.63) is 83.6 Å². The van der Waals surface area contributed by atoms with Crippen LogP contribution in [0.25, 0.3) is 0 Å². The molecule has 2 bridgehead atoms. The summed E-state index contributed by atoms with van der Waals surface area (Å²) in [5, 5.41) is 11.8. The van der Waals surface area contributed by atoms with Crippen LogP contribution in [0.3, 0.4) is 0 Å². The van der Waals surface area contributed by atoms with E-state index in [2.05, 4.69) is 11.1 Å². The summed E-state index contributed by atoms with van der Waals surface area (Å²) in [5.41, 5.74) is 2.05. The van der Waals surface area contributed by atoms with Gasteiger partial charge in [0.15, 0.2) is 0 Å². The van der Waals surface area contributed by atoms with Crippen molar-refractivity contribution in [3.63, 3.8) is 0 Å². The van der Waals surface area contributed by atoms with Gasteiger partial charge in [-0.25, -0.2) is 0 Å². The molecule has 0 aliphatic carbocycles. The number of nitrogens with zero attached hydrogens (tertiary/aromatic N) is 1. The summed E-state index contributed by atoms with van der Waals surface area (Å²) < 4.78 is 0. The van der Waals surface area contributed by atoms with E-state index in [1.807, 2.05) is 60.7 Å². The first-order valence-corrected chi connectivity index (χ1v) is 8.08. The Labute approximate surface area is 131 Å². The summed E-state index contributed by atoms with van der Waals surface area (Å²) in [7, 11) is 0. The van der Waals surface area contributed by atoms with Crippen LogP contribution >= 0.6 is 0 Å². The molecule has 0 amide bonds. The average molecular weight is 291 g/mol. The Hall–Kier alpha value is -2.06. The lowest BCUT2D eigenvalue weighted by Crippen LogP contribution is -2.43. The third kappa shape index (κ3) is 2.06. The topological polar surface area (TPSA) is 23.5 Å². The number of benzene rings is 2. The van der Waals surface area contributed by atoms with Crippen molar-refractivity contribution in [2.45, 2.75) is 18.4 Å². The summed E-state index contributed by atoms with van der Waals surface area (Å²) in [6.45, 7) is 2.24. The van der Waals surface area contributed by atoms with Gasteiger partial charge in [-0.05, 0) is 35.5 Å². The predicted octanol–water partition coefficient (Wildman–Crippen LogP) is 3.53. The fourth-order valence-electron chi connectivity index (χ4n) is 3.89. The lowest BCUT2D eigenvalue weighted by Gasteiger charge is -2.45. The summed E-state index contributed by atoms with van der Waals surface area (Å²) in [6.07, 6.45) is 4.50. The fraction of sp³-hybridized carbons (Fsp3) is 0.300. The monoisotopic (exact) mass is 291 g/mol. The lowest BCUT2D eigenvalue weighted by atomic mass is 9.71. The van der Waals surface area contributed by atoms with E-state index in [1.165, 1.54) is 0 Å². The van der Waals surface area contributed by atoms with E-state index in [-0.39, 0.29) is 0 Å². The Bertz CT molecular complexity index is 630. The second-order valence-corrected chi connectivity index (χ2v) is 6.34. The molecule has 2 aromatic carbocycles. The number of aliphatic hydroxyl groups is 1. The van der Waals surface area contributed by atoms with Gasteiger partial charge < -0.3 is 10.0 Å². The molecule has 0 saturated carbocycles. The summed E-state index contributed by atoms with van der Waals surface area (Å²) >= 11 is 0. The smallest absolute Gasteiger partial charge is 0.138 e. The maximum atomic E-state index is 11.8.